The molecule has 0 bridgehead atoms. The minimum Gasteiger partial charge on any atom is -0.464 e. The maximum absolute atomic E-state index is 12.1. The van der Waals surface area contributed by atoms with E-state index in [9.17, 15) is 9.59 Å². The van der Waals surface area contributed by atoms with Crippen LogP contribution in [0.3, 0.4) is 0 Å². The molecule has 0 atom stereocenters. The summed E-state index contributed by atoms with van der Waals surface area (Å²) in [5, 5.41) is 0. The van der Waals surface area contributed by atoms with Crippen molar-refractivity contribution in [2.24, 2.45) is 0 Å². The number of aromatic nitrogens is 1. The molecule has 0 aromatic carbocycles. The molecule has 21 heavy (non-hydrogen) atoms. The number of hydrogen-bond donors (Lipinski definition) is 0. The number of amides is 1. The third kappa shape index (κ3) is 5.55. The van der Waals surface area contributed by atoms with Crippen LogP contribution in [0.5, 0.6) is 0 Å². The highest BCUT2D eigenvalue weighted by molar-refractivity contribution is 5.86. The Hall–Kier alpha value is -1.89. The lowest BCUT2D eigenvalue weighted by atomic mass is 10.2. The van der Waals surface area contributed by atoms with E-state index >= 15 is 0 Å². The van der Waals surface area contributed by atoms with Crippen molar-refractivity contribution in [2.45, 2.75) is 32.7 Å². The lowest BCUT2D eigenvalue weighted by Crippen LogP contribution is -2.32. The zero-order valence-corrected chi connectivity index (χ0v) is 12.8. The molecule has 1 aromatic rings. The van der Waals surface area contributed by atoms with E-state index < -0.39 is 5.97 Å². The second kappa shape index (κ2) is 9.12. The van der Waals surface area contributed by atoms with Gasteiger partial charge in [-0.15, -0.1) is 0 Å². The summed E-state index contributed by atoms with van der Waals surface area (Å²) >= 11 is 0. The molecule has 0 unspecified atom stereocenters. The van der Waals surface area contributed by atoms with Gasteiger partial charge in [-0.2, -0.15) is 0 Å². The highest BCUT2D eigenvalue weighted by Crippen LogP contribution is 2.09. The smallest absolute Gasteiger partial charge is 0.360 e. The predicted molar refractivity (Wildman–Crippen MR) is 74.7 cm³/mol. The average Bonchev–Trinajstić information content (AvgIpc) is 2.94. The molecular weight excluding hydrogens is 276 g/mol. The number of esters is 1. The molecule has 7 nitrogen and oxygen atoms in total. The quantitative estimate of drug-likeness (QED) is 0.509. The Morgan fingerprint density at radius 3 is 2.76 bits per heavy atom. The van der Waals surface area contributed by atoms with E-state index in [4.69, 9.17) is 9.15 Å². The number of ether oxygens (including phenoxy) is 2. The van der Waals surface area contributed by atoms with Gasteiger partial charge in [-0.05, 0) is 12.8 Å². The molecule has 1 aromatic heterocycles. The highest BCUT2D eigenvalue weighted by Gasteiger charge is 2.18. The number of methoxy groups -OCH3 is 2. The lowest BCUT2D eigenvalue weighted by molar-refractivity contribution is -0.132. The van der Waals surface area contributed by atoms with Gasteiger partial charge in [-0.1, -0.05) is 6.92 Å². The van der Waals surface area contributed by atoms with Gasteiger partial charge < -0.3 is 18.8 Å². The monoisotopic (exact) mass is 298 g/mol. The second-order valence-corrected chi connectivity index (χ2v) is 4.53. The highest BCUT2D eigenvalue weighted by atomic mass is 16.5. The van der Waals surface area contributed by atoms with Crippen molar-refractivity contribution in [1.82, 2.24) is 9.88 Å². The third-order valence-corrected chi connectivity index (χ3v) is 2.87. The summed E-state index contributed by atoms with van der Waals surface area (Å²) in [5.74, 6) is -0.209. The van der Waals surface area contributed by atoms with Crippen molar-refractivity contribution in [3.05, 3.63) is 17.8 Å². The second-order valence-electron chi connectivity index (χ2n) is 4.53. The first-order chi connectivity index (χ1) is 10.1. The van der Waals surface area contributed by atoms with E-state index in [2.05, 4.69) is 9.72 Å². The van der Waals surface area contributed by atoms with E-state index in [-0.39, 0.29) is 18.1 Å². The summed E-state index contributed by atoms with van der Waals surface area (Å²) in [7, 11) is 2.90. The van der Waals surface area contributed by atoms with Crippen LogP contribution in [0.1, 0.15) is 42.6 Å². The zero-order chi connectivity index (χ0) is 15.7. The van der Waals surface area contributed by atoms with E-state index in [1.807, 2.05) is 6.92 Å². The molecule has 1 heterocycles. The van der Waals surface area contributed by atoms with Crippen molar-refractivity contribution in [1.29, 1.82) is 0 Å². The molecule has 7 heteroatoms. The zero-order valence-electron chi connectivity index (χ0n) is 12.8. The minimum atomic E-state index is -0.559. The maximum atomic E-state index is 12.1. The van der Waals surface area contributed by atoms with Gasteiger partial charge in [0.15, 0.2) is 5.69 Å². The van der Waals surface area contributed by atoms with Crippen LogP contribution < -0.4 is 0 Å². The molecule has 0 aliphatic heterocycles. The molecule has 0 fully saturated rings. The van der Waals surface area contributed by atoms with Gasteiger partial charge in [0.25, 0.3) is 0 Å². The molecule has 0 aliphatic rings. The van der Waals surface area contributed by atoms with E-state index in [1.54, 1.807) is 12.0 Å². The molecule has 118 valence electrons. The summed E-state index contributed by atoms with van der Waals surface area (Å²) in [5.41, 5.74) is 0.104. The van der Waals surface area contributed by atoms with Crippen LogP contribution in [0.4, 0.5) is 0 Å². The van der Waals surface area contributed by atoms with Crippen LogP contribution in [0.25, 0.3) is 0 Å². The summed E-state index contributed by atoms with van der Waals surface area (Å²) < 4.78 is 14.8. The molecule has 0 saturated heterocycles. The van der Waals surface area contributed by atoms with Crippen molar-refractivity contribution >= 4 is 11.9 Å². The fourth-order valence-electron chi connectivity index (χ4n) is 1.81. The lowest BCUT2D eigenvalue weighted by Gasteiger charge is -2.20. The Morgan fingerprint density at radius 1 is 1.38 bits per heavy atom. The van der Waals surface area contributed by atoms with Gasteiger partial charge in [0, 0.05) is 26.7 Å². The van der Waals surface area contributed by atoms with E-state index in [1.165, 1.54) is 13.4 Å². The van der Waals surface area contributed by atoms with Gasteiger partial charge in [0.2, 0.25) is 11.8 Å². The summed E-state index contributed by atoms with van der Waals surface area (Å²) in [6.45, 7) is 3.32. The Bertz CT molecular complexity index is 458. The molecule has 0 N–H and O–H groups in total. The number of carbonyl (C=O) groups excluding carboxylic acids is 2. The molecule has 0 saturated carbocycles. The summed E-state index contributed by atoms with van der Waals surface area (Å²) in [6.07, 6.45) is 3.21. The first-order valence-corrected chi connectivity index (χ1v) is 6.91. The van der Waals surface area contributed by atoms with E-state index in [0.717, 1.165) is 12.8 Å². The normalized spacial score (nSPS) is 10.4. The number of nitrogens with zero attached hydrogens (tertiary/aromatic N) is 2. The number of rotatable bonds is 9. The molecular formula is C14H22N2O5. The molecule has 0 aliphatic carbocycles. The van der Waals surface area contributed by atoms with Crippen LogP contribution in [-0.2, 0) is 20.8 Å². The maximum Gasteiger partial charge on any atom is 0.360 e. The number of hydrogen-bond acceptors (Lipinski definition) is 6. The van der Waals surface area contributed by atoms with Gasteiger partial charge in [0.05, 0.1) is 13.7 Å². The molecule has 1 amide bonds. The predicted octanol–water partition coefficient (Wildman–Crippen LogP) is 1.63. The van der Waals surface area contributed by atoms with Gasteiger partial charge in [0.1, 0.15) is 6.26 Å². The first kappa shape index (κ1) is 17.2. The van der Waals surface area contributed by atoms with Gasteiger partial charge >= 0.3 is 5.97 Å². The Kier molecular flexibility index (Phi) is 7.45. The van der Waals surface area contributed by atoms with Crippen LogP contribution in [0, 0.1) is 0 Å². The third-order valence-electron chi connectivity index (χ3n) is 2.87. The van der Waals surface area contributed by atoms with Crippen molar-refractivity contribution in [3.63, 3.8) is 0 Å². The topological polar surface area (TPSA) is 81.9 Å². The van der Waals surface area contributed by atoms with Crippen molar-refractivity contribution in [3.8, 4) is 0 Å². The summed E-state index contributed by atoms with van der Waals surface area (Å²) in [6, 6.07) is 0. The Morgan fingerprint density at radius 2 is 2.14 bits per heavy atom. The average molecular weight is 298 g/mol. The fraction of sp³-hybridized carbons (Fsp3) is 0.643. The SMILES string of the molecule is CCCC(=O)N(CCCOC)Cc1nc(C(=O)OC)co1. The fourth-order valence-corrected chi connectivity index (χ4v) is 1.81. The Balaban J connectivity index is 2.68. The van der Waals surface area contributed by atoms with E-state index in [0.29, 0.717) is 25.5 Å². The first-order valence-electron chi connectivity index (χ1n) is 6.91. The Labute approximate surface area is 124 Å². The molecule has 0 spiro atoms. The molecule has 0 radical (unpaired) electrons. The van der Waals surface area contributed by atoms with Crippen LogP contribution >= 0.6 is 0 Å². The van der Waals surface area contributed by atoms with Crippen LogP contribution in [-0.4, -0.2) is 49.1 Å². The standard InChI is InChI=1S/C14H22N2O5/c1-4-6-13(17)16(7-5-8-19-2)9-12-15-11(10-21-12)14(18)20-3/h10H,4-9H2,1-3H3. The van der Waals surface area contributed by atoms with Crippen molar-refractivity contribution < 1.29 is 23.5 Å². The molecule has 1 rings (SSSR count). The summed E-state index contributed by atoms with van der Waals surface area (Å²) in [4.78, 5) is 29.1. The number of oxazole rings is 1. The van der Waals surface area contributed by atoms with Crippen molar-refractivity contribution in [2.75, 3.05) is 27.4 Å². The number of carbonyl (C=O) groups is 2. The van der Waals surface area contributed by atoms with Gasteiger partial charge in [-0.25, -0.2) is 9.78 Å². The van der Waals surface area contributed by atoms with Crippen LogP contribution in [0.15, 0.2) is 10.7 Å². The van der Waals surface area contributed by atoms with Crippen LogP contribution in [0.2, 0.25) is 0 Å². The van der Waals surface area contributed by atoms with Gasteiger partial charge in [-0.3, -0.25) is 4.79 Å². The largest absolute Gasteiger partial charge is 0.464 e. The minimum absolute atomic E-state index is 0.0337.